The van der Waals surface area contributed by atoms with Crippen LogP contribution >= 0.6 is 0 Å². The van der Waals surface area contributed by atoms with Crippen molar-refractivity contribution in [2.75, 3.05) is 33.0 Å². The second-order valence-electron chi connectivity index (χ2n) is 4.62. The maximum absolute atomic E-state index is 11.5. The summed E-state index contributed by atoms with van der Waals surface area (Å²) in [4.78, 5) is 11.5. The van der Waals surface area contributed by atoms with Crippen LogP contribution in [0.5, 0.6) is 0 Å². The molecule has 0 amide bonds. The van der Waals surface area contributed by atoms with Crippen LogP contribution in [0.25, 0.3) is 0 Å². The summed E-state index contributed by atoms with van der Waals surface area (Å²) in [6.07, 6.45) is 4.45. The number of aliphatic hydroxyl groups is 1. The zero-order chi connectivity index (χ0) is 15.2. The maximum atomic E-state index is 11.5. The molecule has 0 radical (unpaired) electrons. The number of carbonyl (C=O) groups is 1. The molecule has 0 spiro atoms. The topological polar surface area (TPSA) is 65.0 Å². The quantitative estimate of drug-likeness (QED) is 0.244. The average Bonchev–Trinajstić information content (AvgIpc) is 2.46. The third kappa shape index (κ3) is 9.81. The molecule has 5 heteroatoms. The van der Waals surface area contributed by atoms with Gasteiger partial charge in [-0.05, 0) is 18.9 Å². The van der Waals surface area contributed by atoms with Gasteiger partial charge in [-0.2, -0.15) is 0 Å². The van der Waals surface area contributed by atoms with Gasteiger partial charge in [-0.25, -0.2) is 4.79 Å². The van der Waals surface area contributed by atoms with Crippen molar-refractivity contribution in [2.24, 2.45) is 5.92 Å². The number of esters is 1. The van der Waals surface area contributed by atoms with E-state index in [4.69, 9.17) is 19.3 Å². The van der Waals surface area contributed by atoms with Gasteiger partial charge in [0.25, 0.3) is 0 Å². The largest absolute Gasteiger partial charge is 0.487 e. The van der Waals surface area contributed by atoms with Crippen molar-refractivity contribution in [1.82, 2.24) is 0 Å². The Morgan fingerprint density at radius 2 is 1.95 bits per heavy atom. The molecule has 0 aliphatic carbocycles. The van der Waals surface area contributed by atoms with Crippen LogP contribution in [-0.2, 0) is 19.0 Å². The highest BCUT2D eigenvalue weighted by Gasteiger charge is 2.13. The molecule has 0 heterocycles. The zero-order valence-corrected chi connectivity index (χ0v) is 12.7. The molecule has 1 N–H and O–H groups in total. The van der Waals surface area contributed by atoms with Gasteiger partial charge in [0.05, 0.1) is 26.4 Å². The molecule has 5 nitrogen and oxygen atoms in total. The maximum Gasteiger partial charge on any atom is 0.373 e. The zero-order valence-electron chi connectivity index (χ0n) is 12.7. The van der Waals surface area contributed by atoms with Gasteiger partial charge in [0.2, 0.25) is 0 Å². The lowest BCUT2D eigenvalue weighted by Crippen LogP contribution is -2.17. The van der Waals surface area contributed by atoms with Gasteiger partial charge in [0.15, 0.2) is 5.76 Å². The van der Waals surface area contributed by atoms with Gasteiger partial charge in [0, 0.05) is 0 Å². The molecule has 0 aliphatic rings. The van der Waals surface area contributed by atoms with Crippen LogP contribution < -0.4 is 0 Å². The van der Waals surface area contributed by atoms with E-state index in [1.165, 1.54) is 6.42 Å². The first-order valence-electron chi connectivity index (χ1n) is 7.33. The molecule has 0 aromatic heterocycles. The van der Waals surface area contributed by atoms with Gasteiger partial charge >= 0.3 is 5.97 Å². The number of ether oxygens (including phenoxy) is 3. The summed E-state index contributed by atoms with van der Waals surface area (Å²) in [5.41, 5.74) is 0. The molecule has 1 atom stereocenters. The van der Waals surface area contributed by atoms with Crippen LogP contribution in [0.1, 0.15) is 39.5 Å². The Morgan fingerprint density at radius 3 is 2.55 bits per heavy atom. The highest BCUT2D eigenvalue weighted by atomic mass is 16.6. The normalized spacial score (nSPS) is 11.9. The van der Waals surface area contributed by atoms with Crippen molar-refractivity contribution in [3.05, 3.63) is 12.3 Å². The van der Waals surface area contributed by atoms with E-state index < -0.39 is 5.97 Å². The van der Waals surface area contributed by atoms with E-state index in [0.29, 0.717) is 12.5 Å². The number of unbranched alkanes of at least 4 members (excludes halogenated alkanes) is 1. The van der Waals surface area contributed by atoms with Crippen molar-refractivity contribution in [3.8, 4) is 0 Å². The van der Waals surface area contributed by atoms with Crippen LogP contribution in [-0.4, -0.2) is 44.1 Å². The van der Waals surface area contributed by atoms with Crippen LogP contribution in [0, 0.1) is 5.92 Å². The first kappa shape index (κ1) is 18.9. The first-order valence-corrected chi connectivity index (χ1v) is 7.33. The van der Waals surface area contributed by atoms with E-state index in [1.54, 1.807) is 0 Å². The standard InChI is InChI=1S/C15H28O5/c1-4-6-7-14(5-2)12-20-13(3)15(17)19-11-10-18-9-8-16/h14,16H,3-12H2,1-2H3. The summed E-state index contributed by atoms with van der Waals surface area (Å²) >= 11 is 0. The fraction of sp³-hybridized carbons (Fsp3) is 0.800. The Labute approximate surface area is 121 Å². The van der Waals surface area contributed by atoms with Gasteiger partial charge in [0.1, 0.15) is 6.61 Å². The monoisotopic (exact) mass is 288 g/mol. The first-order chi connectivity index (χ1) is 9.65. The van der Waals surface area contributed by atoms with Crippen LogP contribution in [0.2, 0.25) is 0 Å². The third-order valence-electron chi connectivity index (χ3n) is 2.96. The molecule has 0 fully saturated rings. The van der Waals surface area contributed by atoms with Gasteiger partial charge < -0.3 is 19.3 Å². The third-order valence-corrected chi connectivity index (χ3v) is 2.96. The predicted octanol–water partition coefficient (Wildman–Crippen LogP) is 2.29. The van der Waals surface area contributed by atoms with E-state index in [0.717, 1.165) is 19.3 Å². The SMILES string of the molecule is C=C(OCC(CC)CCCC)C(=O)OCCOCCO. The van der Waals surface area contributed by atoms with E-state index in [1.807, 2.05) is 0 Å². The summed E-state index contributed by atoms with van der Waals surface area (Å²) < 4.78 is 15.3. The highest BCUT2D eigenvalue weighted by molar-refractivity contribution is 5.85. The lowest BCUT2D eigenvalue weighted by atomic mass is 10.0. The number of rotatable bonds is 13. The van der Waals surface area contributed by atoms with E-state index in [9.17, 15) is 4.79 Å². The van der Waals surface area contributed by atoms with E-state index >= 15 is 0 Å². The lowest BCUT2D eigenvalue weighted by molar-refractivity contribution is -0.145. The van der Waals surface area contributed by atoms with Crippen molar-refractivity contribution < 1.29 is 24.1 Å². The molecule has 20 heavy (non-hydrogen) atoms. The van der Waals surface area contributed by atoms with Gasteiger partial charge in [-0.3, -0.25) is 0 Å². The molecule has 0 saturated carbocycles. The second kappa shape index (κ2) is 12.9. The number of carbonyl (C=O) groups excluding carboxylic acids is 1. The summed E-state index contributed by atoms with van der Waals surface area (Å²) in [5.74, 6) is -0.0579. The minimum Gasteiger partial charge on any atom is -0.487 e. The molecular formula is C15H28O5. The fourth-order valence-electron chi connectivity index (χ4n) is 1.62. The number of hydrogen-bond donors (Lipinski definition) is 1. The fourth-order valence-corrected chi connectivity index (χ4v) is 1.62. The smallest absolute Gasteiger partial charge is 0.373 e. The average molecular weight is 288 g/mol. The Morgan fingerprint density at radius 1 is 1.20 bits per heavy atom. The van der Waals surface area contributed by atoms with E-state index in [-0.39, 0.29) is 32.2 Å². The van der Waals surface area contributed by atoms with Gasteiger partial charge in [-0.15, -0.1) is 0 Å². The molecule has 1 unspecified atom stereocenters. The number of aliphatic hydroxyl groups excluding tert-OH is 1. The minimum absolute atomic E-state index is 0.0417. The number of hydrogen-bond acceptors (Lipinski definition) is 5. The Bertz CT molecular complexity index is 265. The molecule has 0 saturated heterocycles. The van der Waals surface area contributed by atoms with Gasteiger partial charge in [-0.1, -0.05) is 33.1 Å². The van der Waals surface area contributed by atoms with Crippen LogP contribution in [0.4, 0.5) is 0 Å². The Balaban J connectivity index is 3.75. The predicted molar refractivity (Wildman–Crippen MR) is 77.3 cm³/mol. The Kier molecular flexibility index (Phi) is 12.2. The summed E-state index contributed by atoms with van der Waals surface area (Å²) in [5, 5.41) is 8.50. The van der Waals surface area contributed by atoms with Crippen molar-refractivity contribution >= 4 is 5.97 Å². The highest BCUT2D eigenvalue weighted by Crippen LogP contribution is 2.14. The van der Waals surface area contributed by atoms with Crippen LogP contribution in [0.15, 0.2) is 12.3 Å². The van der Waals surface area contributed by atoms with Crippen molar-refractivity contribution in [2.45, 2.75) is 39.5 Å². The minimum atomic E-state index is -0.553. The Hall–Kier alpha value is -1.07. The second-order valence-corrected chi connectivity index (χ2v) is 4.62. The summed E-state index contributed by atoms with van der Waals surface area (Å²) in [6, 6.07) is 0. The van der Waals surface area contributed by atoms with Crippen LogP contribution in [0.3, 0.4) is 0 Å². The van der Waals surface area contributed by atoms with Crippen molar-refractivity contribution in [1.29, 1.82) is 0 Å². The molecule has 0 aromatic rings. The van der Waals surface area contributed by atoms with E-state index in [2.05, 4.69) is 20.4 Å². The summed E-state index contributed by atoms with van der Waals surface area (Å²) in [6.45, 7) is 8.94. The molecule has 0 rings (SSSR count). The molecule has 0 aliphatic heterocycles. The molecule has 0 aromatic carbocycles. The lowest BCUT2D eigenvalue weighted by Gasteiger charge is -2.16. The van der Waals surface area contributed by atoms with Crippen molar-refractivity contribution in [3.63, 3.8) is 0 Å². The molecule has 118 valence electrons. The molecular weight excluding hydrogens is 260 g/mol. The summed E-state index contributed by atoms with van der Waals surface area (Å²) in [7, 11) is 0. The molecule has 0 bridgehead atoms.